The highest BCUT2D eigenvalue weighted by atomic mass is 32.2. The molecule has 1 saturated heterocycles. The molecule has 2 nitrogen and oxygen atoms in total. The quantitative estimate of drug-likeness (QED) is 0.713. The summed E-state index contributed by atoms with van der Waals surface area (Å²) >= 11 is 2.05. The van der Waals surface area contributed by atoms with E-state index in [1.165, 1.54) is 31.5 Å². The van der Waals surface area contributed by atoms with Gasteiger partial charge < -0.3 is 0 Å². The van der Waals surface area contributed by atoms with Crippen LogP contribution in [0.2, 0.25) is 0 Å². The second-order valence-electron chi connectivity index (χ2n) is 5.10. The van der Waals surface area contributed by atoms with Crippen molar-refractivity contribution < 1.29 is 0 Å². The summed E-state index contributed by atoms with van der Waals surface area (Å²) in [7, 11) is 0. The second kappa shape index (κ2) is 5.99. The maximum absolute atomic E-state index is 2.56. The van der Waals surface area contributed by atoms with Crippen molar-refractivity contribution in [2.24, 2.45) is 11.8 Å². The van der Waals surface area contributed by atoms with Crippen LogP contribution in [0.15, 0.2) is 0 Å². The molecule has 3 heteroatoms. The van der Waals surface area contributed by atoms with E-state index in [4.69, 9.17) is 0 Å². The van der Waals surface area contributed by atoms with E-state index in [1.54, 1.807) is 0 Å². The zero-order chi connectivity index (χ0) is 10.6. The molecule has 14 heavy (non-hydrogen) atoms. The summed E-state index contributed by atoms with van der Waals surface area (Å²) in [5, 5.41) is 0. The fourth-order valence-electron chi connectivity index (χ4n) is 1.92. The molecule has 0 aromatic rings. The second-order valence-corrected chi connectivity index (χ2v) is 6.02. The molecular formula is C11H24N2S. The molecule has 1 rings (SSSR count). The Morgan fingerprint density at radius 3 is 1.71 bits per heavy atom. The molecule has 1 aliphatic heterocycles. The summed E-state index contributed by atoms with van der Waals surface area (Å²) in [6.45, 7) is 12.8. The Morgan fingerprint density at radius 2 is 1.36 bits per heavy atom. The lowest BCUT2D eigenvalue weighted by atomic mass is 10.2. The van der Waals surface area contributed by atoms with E-state index in [9.17, 15) is 0 Å². The smallest absolute Gasteiger partial charge is 0.0521 e. The van der Waals surface area contributed by atoms with Crippen LogP contribution in [0.1, 0.15) is 27.7 Å². The molecular weight excluding hydrogens is 192 g/mol. The summed E-state index contributed by atoms with van der Waals surface area (Å²) in [5.41, 5.74) is 0. The van der Waals surface area contributed by atoms with Crippen LogP contribution >= 0.6 is 11.8 Å². The van der Waals surface area contributed by atoms with Gasteiger partial charge in [-0.15, -0.1) is 11.8 Å². The molecule has 0 amide bonds. The van der Waals surface area contributed by atoms with Gasteiger partial charge in [0.25, 0.3) is 0 Å². The Kier molecular flexibility index (Phi) is 5.28. The molecule has 84 valence electrons. The molecule has 0 radical (unpaired) electrons. The highest BCUT2D eigenvalue weighted by Crippen LogP contribution is 2.17. The van der Waals surface area contributed by atoms with E-state index in [2.05, 4.69) is 37.5 Å². The fraction of sp³-hybridized carbons (Fsp3) is 1.00. The van der Waals surface area contributed by atoms with Crippen LogP contribution in [0, 0.1) is 11.8 Å². The van der Waals surface area contributed by atoms with Crippen molar-refractivity contribution in [1.82, 2.24) is 9.80 Å². The van der Waals surface area contributed by atoms with Gasteiger partial charge in [0.15, 0.2) is 0 Å². The van der Waals surface area contributed by atoms with Gasteiger partial charge in [-0.25, -0.2) is 0 Å². The van der Waals surface area contributed by atoms with E-state index < -0.39 is 0 Å². The molecule has 0 N–H and O–H groups in total. The van der Waals surface area contributed by atoms with Gasteiger partial charge in [-0.05, 0) is 11.8 Å². The topological polar surface area (TPSA) is 6.48 Å². The van der Waals surface area contributed by atoms with Gasteiger partial charge in [0.05, 0.1) is 6.67 Å². The first-order valence-electron chi connectivity index (χ1n) is 5.60. The maximum atomic E-state index is 2.56. The van der Waals surface area contributed by atoms with Crippen molar-refractivity contribution in [2.45, 2.75) is 27.7 Å². The van der Waals surface area contributed by atoms with Gasteiger partial charge >= 0.3 is 0 Å². The SMILES string of the molecule is CC(C)CN1CSCN(CC(C)C)C1. The minimum absolute atomic E-state index is 0.787. The molecule has 0 aromatic heterocycles. The molecule has 0 unspecified atom stereocenters. The zero-order valence-corrected chi connectivity index (χ0v) is 10.8. The minimum atomic E-state index is 0.787. The van der Waals surface area contributed by atoms with Crippen molar-refractivity contribution in [2.75, 3.05) is 31.5 Å². The Balaban J connectivity index is 2.28. The third kappa shape index (κ3) is 4.67. The fourth-order valence-corrected chi connectivity index (χ4v) is 2.89. The molecule has 0 aromatic carbocycles. The maximum Gasteiger partial charge on any atom is 0.0521 e. The number of hydrogen-bond donors (Lipinski definition) is 0. The summed E-state index contributed by atoms with van der Waals surface area (Å²) in [6.07, 6.45) is 0. The molecule has 0 saturated carbocycles. The average molecular weight is 216 g/mol. The minimum Gasteiger partial charge on any atom is -0.281 e. The first-order valence-corrected chi connectivity index (χ1v) is 6.76. The normalized spacial score (nSPS) is 21.0. The lowest BCUT2D eigenvalue weighted by Gasteiger charge is -2.36. The van der Waals surface area contributed by atoms with Crippen molar-refractivity contribution in [3.05, 3.63) is 0 Å². The highest BCUT2D eigenvalue weighted by Gasteiger charge is 2.18. The van der Waals surface area contributed by atoms with Crippen LogP contribution in [0.25, 0.3) is 0 Å². The first-order chi connectivity index (χ1) is 6.58. The van der Waals surface area contributed by atoms with E-state index in [-0.39, 0.29) is 0 Å². The molecule has 1 aliphatic rings. The van der Waals surface area contributed by atoms with Crippen LogP contribution < -0.4 is 0 Å². The summed E-state index contributed by atoms with van der Waals surface area (Å²) in [6, 6.07) is 0. The van der Waals surface area contributed by atoms with Crippen molar-refractivity contribution in [3.8, 4) is 0 Å². The number of hydrogen-bond acceptors (Lipinski definition) is 3. The van der Waals surface area contributed by atoms with Gasteiger partial charge in [0, 0.05) is 24.8 Å². The number of rotatable bonds is 4. The molecule has 0 atom stereocenters. The predicted octanol–water partition coefficient (Wildman–Crippen LogP) is 2.52. The number of thioether (sulfide) groups is 1. The van der Waals surface area contributed by atoms with E-state index in [0.717, 1.165) is 11.8 Å². The molecule has 0 bridgehead atoms. The van der Waals surface area contributed by atoms with Gasteiger partial charge in [0.1, 0.15) is 0 Å². The third-order valence-corrected chi connectivity index (χ3v) is 3.29. The van der Waals surface area contributed by atoms with Gasteiger partial charge in [0.2, 0.25) is 0 Å². The van der Waals surface area contributed by atoms with Gasteiger partial charge in [-0.2, -0.15) is 0 Å². The largest absolute Gasteiger partial charge is 0.281 e. The van der Waals surface area contributed by atoms with Crippen LogP contribution in [0.5, 0.6) is 0 Å². The Labute approximate surface area is 93.0 Å². The van der Waals surface area contributed by atoms with Gasteiger partial charge in [-0.3, -0.25) is 9.80 Å². The van der Waals surface area contributed by atoms with Crippen molar-refractivity contribution >= 4 is 11.8 Å². The number of nitrogens with zero attached hydrogens (tertiary/aromatic N) is 2. The van der Waals surface area contributed by atoms with Crippen LogP contribution in [-0.4, -0.2) is 41.3 Å². The Bertz CT molecular complexity index is 143. The first kappa shape index (κ1) is 12.3. The van der Waals surface area contributed by atoms with Crippen LogP contribution in [0.3, 0.4) is 0 Å². The van der Waals surface area contributed by atoms with Crippen molar-refractivity contribution in [1.29, 1.82) is 0 Å². The average Bonchev–Trinajstić information content (AvgIpc) is 2.01. The standard InChI is InChI=1S/C11H24N2S/c1-10(2)5-12-7-13(6-11(3)4)9-14-8-12/h10-11H,5-9H2,1-4H3. The van der Waals surface area contributed by atoms with E-state index >= 15 is 0 Å². The molecule has 0 spiro atoms. The van der Waals surface area contributed by atoms with Gasteiger partial charge in [-0.1, -0.05) is 27.7 Å². The lowest BCUT2D eigenvalue weighted by molar-refractivity contribution is 0.134. The predicted molar refractivity (Wildman–Crippen MR) is 65.3 cm³/mol. The zero-order valence-electron chi connectivity index (χ0n) is 9.99. The lowest BCUT2D eigenvalue weighted by Crippen LogP contribution is -2.44. The molecule has 1 fully saturated rings. The monoisotopic (exact) mass is 216 g/mol. The summed E-state index contributed by atoms with van der Waals surface area (Å²) < 4.78 is 0. The molecule has 1 heterocycles. The summed E-state index contributed by atoms with van der Waals surface area (Å²) in [5.74, 6) is 4.00. The van der Waals surface area contributed by atoms with E-state index in [0.29, 0.717) is 0 Å². The highest BCUT2D eigenvalue weighted by molar-refractivity contribution is 7.99. The van der Waals surface area contributed by atoms with Crippen LogP contribution in [0.4, 0.5) is 0 Å². The van der Waals surface area contributed by atoms with E-state index in [1.807, 2.05) is 11.8 Å². The van der Waals surface area contributed by atoms with Crippen molar-refractivity contribution in [3.63, 3.8) is 0 Å². The Morgan fingerprint density at radius 1 is 0.929 bits per heavy atom. The molecule has 0 aliphatic carbocycles. The summed E-state index contributed by atoms with van der Waals surface area (Å²) in [4.78, 5) is 5.11. The third-order valence-electron chi connectivity index (χ3n) is 2.19. The Hall–Kier alpha value is 0.270. The van der Waals surface area contributed by atoms with Crippen LogP contribution in [-0.2, 0) is 0 Å².